The minimum absolute atomic E-state index is 0.0124. The van der Waals surface area contributed by atoms with Crippen molar-refractivity contribution >= 4 is 11.8 Å². The average molecular weight is 274 g/mol. The molecule has 0 bridgehead atoms. The molecular formula is C16H22N2O2. The maximum atomic E-state index is 11.9. The van der Waals surface area contributed by atoms with Crippen LogP contribution in [0.25, 0.3) is 0 Å². The number of hydrogen-bond donors (Lipinski definition) is 1. The second kappa shape index (κ2) is 6.18. The van der Waals surface area contributed by atoms with Crippen LogP contribution in [-0.2, 0) is 9.59 Å². The zero-order chi connectivity index (χ0) is 14.7. The fourth-order valence-corrected chi connectivity index (χ4v) is 2.75. The van der Waals surface area contributed by atoms with Crippen LogP contribution >= 0.6 is 0 Å². The number of amides is 2. The van der Waals surface area contributed by atoms with Crippen LogP contribution in [0.1, 0.15) is 42.0 Å². The Morgan fingerprint density at radius 3 is 2.40 bits per heavy atom. The second-order valence-electron chi connectivity index (χ2n) is 5.45. The van der Waals surface area contributed by atoms with Crippen molar-refractivity contribution in [1.29, 1.82) is 0 Å². The number of carbonyl (C=O) groups is 2. The molecule has 0 aliphatic carbocycles. The molecule has 1 atom stereocenters. The van der Waals surface area contributed by atoms with Gasteiger partial charge in [-0.2, -0.15) is 0 Å². The van der Waals surface area contributed by atoms with Crippen LogP contribution in [-0.4, -0.2) is 30.3 Å². The Labute approximate surface area is 120 Å². The molecule has 20 heavy (non-hydrogen) atoms. The molecule has 1 aromatic carbocycles. The molecule has 2 rings (SSSR count). The summed E-state index contributed by atoms with van der Waals surface area (Å²) in [4.78, 5) is 25.2. The number of nitrogens with one attached hydrogen (secondary N) is 1. The Balaban J connectivity index is 2.20. The molecule has 108 valence electrons. The SMILES string of the molecule is CNC(CN1C(=O)CCCC1=O)c1ccc(C)cc1C. The van der Waals surface area contributed by atoms with Crippen molar-refractivity contribution in [3.05, 3.63) is 34.9 Å². The molecule has 0 spiro atoms. The molecule has 1 N–H and O–H groups in total. The third-order valence-corrected chi connectivity index (χ3v) is 3.90. The summed E-state index contributed by atoms with van der Waals surface area (Å²) in [5, 5.41) is 3.22. The largest absolute Gasteiger partial charge is 0.312 e. The van der Waals surface area contributed by atoms with E-state index in [1.165, 1.54) is 16.0 Å². The fourth-order valence-electron chi connectivity index (χ4n) is 2.75. The Morgan fingerprint density at radius 2 is 1.85 bits per heavy atom. The van der Waals surface area contributed by atoms with E-state index in [4.69, 9.17) is 0 Å². The average Bonchev–Trinajstić information content (AvgIpc) is 2.40. The number of likely N-dealkylation sites (N-methyl/N-ethyl adjacent to an activating group) is 1. The highest BCUT2D eigenvalue weighted by Gasteiger charge is 2.28. The summed E-state index contributed by atoms with van der Waals surface area (Å²) in [6.45, 7) is 4.54. The lowest BCUT2D eigenvalue weighted by molar-refractivity contribution is -0.148. The molecule has 1 aliphatic rings. The van der Waals surface area contributed by atoms with Gasteiger partial charge >= 0.3 is 0 Å². The topological polar surface area (TPSA) is 49.4 Å². The number of piperidine rings is 1. The summed E-state index contributed by atoms with van der Waals surface area (Å²) in [5.74, 6) is -0.0995. The van der Waals surface area contributed by atoms with Crippen LogP contribution in [0.15, 0.2) is 18.2 Å². The van der Waals surface area contributed by atoms with Crippen molar-refractivity contribution in [1.82, 2.24) is 10.2 Å². The van der Waals surface area contributed by atoms with E-state index in [1.54, 1.807) is 0 Å². The maximum absolute atomic E-state index is 11.9. The summed E-state index contributed by atoms with van der Waals surface area (Å²) in [6.07, 6.45) is 1.64. The van der Waals surface area contributed by atoms with E-state index in [2.05, 4.69) is 37.4 Å². The minimum Gasteiger partial charge on any atom is -0.312 e. The molecule has 1 heterocycles. The lowest BCUT2D eigenvalue weighted by atomic mass is 9.98. The highest BCUT2D eigenvalue weighted by atomic mass is 16.2. The number of likely N-dealkylation sites (tertiary alicyclic amines) is 1. The van der Waals surface area contributed by atoms with Gasteiger partial charge in [0.1, 0.15) is 0 Å². The Hall–Kier alpha value is -1.68. The highest BCUT2D eigenvalue weighted by molar-refractivity contribution is 5.97. The van der Waals surface area contributed by atoms with E-state index in [9.17, 15) is 9.59 Å². The van der Waals surface area contributed by atoms with Crippen molar-refractivity contribution in [2.24, 2.45) is 0 Å². The molecule has 0 saturated carbocycles. The molecule has 1 unspecified atom stereocenters. The van der Waals surface area contributed by atoms with E-state index in [0.717, 1.165) is 5.56 Å². The molecular weight excluding hydrogens is 252 g/mol. The van der Waals surface area contributed by atoms with Gasteiger partial charge in [-0.15, -0.1) is 0 Å². The first-order chi connectivity index (χ1) is 9.52. The number of imide groups is 1. The maximum Gasteiger partial charge on any atom is 0.229 e. The van der Waals surface area contributed by atoms with Gasteiger partial charge in [0.05, 0.1) is 6.04 Å². The van der Waals surface area contributed by atoms with Gasteiger partial charge in [0, 0.05) is 19.4 Å². The van der Waals surface area contributed by atoms with Gasteiger partial charge in [0.15, 0.2) is 0 Å². The molecule has 0 aromatic heterocycles. The third-order valence-electron chi connectivity index (χ3n) is 3.90. The molecule has 1 aliphatic heterocycles. The van der Waals surface area contributed by atoms with Gasteiger partial charge in [-0.3, -0.25) is 14.5 Å². The van der Waals surface area contributed by atoms with Crippen molar-refractivity contribution in [3.8, 4) is 0 Å². The summed E-state index contributed by atoms with van der Waals surface area (Å²) in [5.41, 5.74) is 3.54. The quantitative estimate of drug-likeness (QED) is 0.855. The van der Waals surface area contributed by atoms with E-state index in [-0.39, 0.29) is 17.9 Å². The molecule has 1 fully saturated rings. The van der Waals surface area contributed by atoms with E-state index < -0.39 is 0 Å². The number of benzene rings is 1. The summed E-state index contributed by atoms with van der Waals surface area (Å²) in [7, 11) is 1.86. The van der Waals surface area contributed by atoms with E-state index in [1.807, 2.05) is 7.05 Å². The predicted molar refractivity (Wildman–Crippen MR) is 78.3 cm³/mol. The van der Waals surface area contributed by atoms with Crippen LogP contribution in [0.5, 0.6) is 0 Å². The standard InChI is InChI=1S/C16H22N2O2/c1-11-7-8-13(12(2)9-11)14(17-3)10-18-15(19)5-4-6-16(18)20/h7-9,14,17H,4-6,10H2,1-3H3. The molecule has 1 aromatic rings. The Morgan fingerprint density at radius 1 is 1.20 bits per heavy atom. The Kier molecular flexibility index (Phi) is 4.55. The van der Waals surface area contributed by atoms with E-state index in [0.29, 0.717) is 25.8 Å². The van der Waals surface area contributed by atoms with Crippen molar-refractivity contribution in [2.75, 3.05) is 13.6 Å². The number of hydrogen-bond acceptors (Lipinski definition) is 3. The predicted octanol–water partition coefficient (Wildman–Crippen LogP) is 2.10. The summed E-state index contributed by atoms with van der Waals surface area (Å²) in [6, 6.07) is 6.25. The second-order valence-corrected chi connectivity index (χ2v) is 5.45. The zero-order valence-electron chi connectivity index (χ0n) is 12.4. The smallest absolute Gasteiger partial charge is 0.229 e. The number of carbonyl (C=O) groups excluding carboxylic acids is 2. The number of nitrogens with zero attached hydrogens (tertiary/aromatic N) is 1. The molecule has 0 radical (unpaired) electrons. The normalized spacial score (nSPS) is 17.4. The molecule has 4 nitrogen and oxygen atoms in total. The van der Waals surface area contributed by atoms with Crippen molar-refractivity contribution < 1.29 is 9.59 Å². The first-order valence-electron chi connectivity index (χ1n) is 7.10. The monoisotopic (exact) mass is 274 g/mol. The first-order valence-corrected chi connectivity index (χ1v) is 7.10. The van der Waals surface area contributed by atoms with Crippen LogP contribution in [0.4, 0.5) is 0 Å². The molecule has 2 amide bonds. The summed E-state index contributed by atoms with van der Waals surface area (Å²) >= 11 is 0. The van der Waals surface area contributed by atoms with Gasteiger partial charge in [-0.05, 0) is 38.4 Å². The molecule has 1 saturated heterocycles. The number of rotatable bonds is 4. The lowest BCUT2D eigenvalue weighted by Crippen LogP contribution is -2.44. The first kappa shape index (κ1) is 14.7. The minimum atomic E-state index is -0.0498. The van der Waals surface area contributed by atoms with Crippen LogP contribution in [0.3, 0.4) is 0 Å². The Bertz CT molecular complexity index is 509. The van der Waals surface area contributed by atoms with Crippen LogP contribution < -0.4 is 5.32 Å². The van der Waals surface area contributed by atoms with Gasteiger partial charge < -0.3 is 5.32 Å². The van der Waals surface area contributed by atoms with Gasteiger partial charge in [-0.1, -0.05) is 23.8 Å². The fraction of sp³-hybridized carbons (Fsp3) is 0.500. The van der Waals surface area contributed by atoms with Crippen LogP contribution in [0, 0.1) is 13.8 Å². The van der Waals surface area contributed by atoms with Crippen molar-refractivity contribution in [2.45, 2.75) is 39.2 Å². The van der Waals surface area contributed by atoms with E-state index >= 15 is 0 Å². The molecule has 4 heteroatoms. The number of aryl methyl sites for hydroxylation is 2. The third kappa shape index (κ3) is 3.07. The van der Waals surface area contributed by atoms with Gasteiger partial charge in [0.2, 0.25) is 11.8 Å². The zero-order valence-corrected chi connectivity index (χ0v) is 12.4. The van der Waals surface area contributed by atoms with Gasteiger partial charge in [-0.25, -0.2) is 0 Å². The van der Waals surface area contributed by atoms with Gasteiger partial charge in [0.25, 0.3) is 0 Å². The lowest BCUT2D eigenvalue weighted by Gasteiger charge is -2.29. The van der Waals surface area contributed by atoms with Crippen LogP contribution in [0.2, 0.25) is 0 Å². The highest BCUT2D eigenvalue weighted by Crippen LogP contribution is 2.22. The van der Waals surface area contributed by atoms with Crippen molar-refractivity contribution in [3.63, 3.8) is 0 Å². The summed E-state index contributed by atoms with van der Waals surface area (Å²) < 4.78 is 0.